The molecule has 1 aliphatic rings. The van der Waals surface area contributed by atoms with Gasteiger partial charge >= 0.3 is 0 Å². The minimum Gasteiger partial charge on any atom is -0.360 e. The molecule has 0 spiro atoms. The highest BCUT2D eigenvalue weighted by atomic mass is 32.1. The lowest BCUT2D eigenvalue weighted by atomic mass is 9.94. The lowest BCUT2D eigenvalue weighted by molar-refractivity contribution is 0.346. The van der Waals surface area contributed by atoms with Gasteiger partial charge in [-0.1, -0.05) is 0 Å². The summed E-state index contributed by atoms with van der Waals surface area (Å²) in [5.41, 5.74) is 0.168. The molecule has 1 atom stereocenters. The monoisotopic (exact) mass is 158 g/mol. The Labute approximate surface area is 67.4 Å². The van der Waals surface area contributed by atoms with Crippen molar-refractivity contribution in [1.29, 1.82) is 0 Å². The first-order chi connectivity index (χ1) is 4.49. The van der Waals surface area contributed by atoms with Crippen molar-refractivity contribution in [3.63, 3.8) is 0 Å². The first-order valence-electron chi connectivity index (χ1n) is 3.58. The van der Waals surface area contributed by atoms with E-state index in [1.807, 2.05) is 0 Å². The van der Waals surface area contributed by atoms with Gasteiger partial charge in [0.05, 0.1) is 0 Å². The molecule has 1 heterocycles. The van der Waals surface area contributed by atoms with Gasteiger partial charge in [-0.05, 0) is 39.4 Å². The van der Waals surface area contributed by atoms with Crippen LogP contribution in [0.15, 0.2) is 0 Å². The Morgan fingerprint density at radius 2 is 2.20 bits per heavy atom. The summed E-state index contributed by atoms with van der Waals surface area (Å²) in [5, 5.41) is 7.14. The topological polar surface area (TPSA) is 24.1 Å². The van der Waals surface area contributed by atoms with Gasteiger partial charge in [0.25, 0.3) is 0 Å². The van der Waals surface area contributed by atoms with E-state index in [9.17, 15) is 0 Å². The molecule has 1 saturated heterocycles. The SMILES string of the molecule is CC1CC(C)(C)NC(=S)N1. The maximum atomic E-state index is 5.01. The van der Waals surface area contributed by atoms with Gasteiger partial charge < -0.3 is 10.6 Å². The van der Waals surface area contributed by atoms with Crippen LogP contribution in [0.2, 0.25) is 0 Å². The summed E-state index contributed by atoms with van der Waals surface area (Å²) < 4.78 is 0. The van der Waals surface area contributed by atoms with Crippen LogP contribution in [0.1, 0.15) is 27.2 Å². The smallest absolute Gasteiger partial charge is 0.166 e. The predicted molar refractivity (Wildman–Crippen MR) is 47.0 cm³/mol. The van der Waals surface area contributed by atoms with Crippen molar-refractivity contribution >= 4 is 17.3 Å². The molecule has 0 bridgehead atoms. The number of hydrogen-bond donors (Lipinski definition) is 2. The zero-order valence-electron chi connectivity index (χ0n) is 6.69. The Balaban J connectivity index is 2.59. The molecule has 2 N–H and O–H groups in total. The van der Waals surface area contributed by atoms with E-state index >= 15 is 0 Å². The summed E-state index contributed by atoms with van der Waals surface area (Å²) in [6, 6.07) is 0.503. The summed E-state index contributed by atoms with van der Waals surface area (Å²) in [5.74, 6) is 0. The molecule has 0 amide bonds. The van der Waals surface area contributed by atoms with Crippen LogP contribution in [0.5, 0.6) is 0 Å². The van der Waals surface area contributed by atoms with Crippen LogP contribution in [0.4, 0.5) is 0 Å². The second-order valence-corrected chi connectivity index (χ2v) is 4.00. The maximum absolute atomic E-state index is 5.01. The molecule has 0 aliphatic carbocycles. The van der Waals surface area contributed by atoms with E-state index < -0.39 is 0 Å². The van der Waals surface area contributed by atoms with Gasteiger partial charge in [-0.15, -0.1) is 0 Å². The molecule has 58 valence electrons. The van der Waals surface area contributed by atoms with Crippen molar-refractivity contribution in [3.8, 4) is 0 Å². The molecule has 3 heteroatoms. The fourth-order valence-corrected chi connectivity index (χ4v) is 1.91. The number of nitrogens with one attached hydrogen (secondary N) is 2. The Morgan fingerprint density at radius 1 is 1.60 bits per heavy atom. The predicted octanol–water partition coefficient (Wildman–Crippen LogP) is 1.02. The largest absolute Gasteiger partial charge is 0.360 e. The van der Waals surface area contributed by atoms with Crippen molar-refractivity contribution in [1.82, 2.24) is 10.6 Å². The highest BCUT2D eigenvalue weighted by Gasteiger charge is 2.26. The third-order valence-electron chi connectivity index (χ3n) is 1.65. The average molecular weight is 158 g/mol. The standard InChI is InChI=1S/C7H14N2S/c1-5-4-7(2,3)9-6(10)8-5/h5H,4H2,1-3H3,(H2,8,9,10). The molecule has 0 radical (unpaired) electrons. The third kappa shape index (κ3) is 1.84. The minimum atomic E-state index is 0.168. The lowest BCUT2D eigenvalue weighted by Gasteiger charge is -2.37. The second-order valence-electron chi connectivity index (χ2n) is 3.59. The van der Waals surface area contributed by atoms with Crippen molar-refractivity contribution in [3.05, 3.63) is 0 Å². The molecule has 1 rings (SSSR count). The first-order valence-corrected chi connectivity index (χ1v) is 3.99. The average Bonchev–Trinajstić information content (AvgIpc) is 1.54. The van der Waals surface area contributed by atoms with E-state index in [0.717, 1.165) is 11.5 Å². The van der Waals surface area contributed by atoms with Crippen LogP contribution in [0.3, 0.4) is 0 Å². The Kier molecular flexibility index (Phi) is 1.86. The van der Waals surface area contributed by atoms with E-state index in [0.29, 0.717) is 6.04 Å². The zero-order chi connectivity index (χ0) is 7.78. The normalized spacial score (nSPS) is 30.7. The van der Waals surface area contributed by atoms with E-state index in [-0.39, 0.29) is 5.54 Å². The van der Waals surface area contributed by atoms with Gasteiger partial charge in [0.2, 0.25) is 0 Å². The maximum Gasteiger partial charge on any atom is 0.166 e. The number of hydrogen-bond acceptors (Lipinski definition) is 1. The Hall–Kier alpha value is -0.310. The fourth-order valence-electron chi connectivity index (χ4n) is 1.43. The number of rotatable bonds is 0. The van der Waals surface area contributed by atoms with Gasteiger partial charge in [0, 0.05) is 11.6 Å². The molecule has 10 heavy (non-hydrogen) atoms. The summed E-state index contributed by atoms with van der Waals surface area (Å²) >= 11 is 5.01. The van der Waals surface area contributed by atoms with Crippen LogP contribution in [-0.4, -0.2) is 16.7 Å². The summed E-state index contributed by atoms with van der Waals surface area (Å²) in [7, 11) is 0. The van der Waals surface area contributed by atoms with E-state index in [1.54, 1.807) is 0 Å². The highest BCUT2D eigenvalue weighted by molar-refractivity contribution is 7.80. The highest BCUT2D eigenvalue weighted by Crippen LogP contribution is 2.14. The van der Waals surface area contributed by atoms with Crippen molar-refractivity contribution in [2.75, 3.05) is 0 Å². The van der Waals surface area contributed by atoms with E-state index in [2.05, 4.69) is 31.4 Å². The second kappa shape index (κ2) is 2.38. The fraction of sp³-hybridized carbons (Fsp3) is 0.857. The Bertz CT molecular complexity index is 154. The molecule has 1 aliphatic heterocycles. The van der Waals surface area contributed by atoms with Crippen LogP contribution < -0.4 is 10.6 Å². The quantitative estimate of drug-likeness (QED) is 0.515. The van der Waals surface area contributed by atoms with Gasteiger partial charge in [-0.3, -0.25) is 0 Å². The molecule has 2 nitrogen and oxygen atoms in total. The summed E-state index contributed by atoms with van der Waals surface area (Å²) in [6.45, 7) is 6.47. The number of thiocarbonyl (C=S) groups is 1. The first kappa shape index (κ1) is 7.79. The Morgan fingerprint density at radius 3 is 2.60 bits per heavy atom. The molecular formula is C7H14N2S. The molecule has 0 aromatic carbocycles. The summed E-state index contributed by atoms with van der Waals surface area (Å²) in [6.07, 6.45) is 1.12. The third-order valence-corrected chi connectivity index (χ3v) is 1.87. The summed E-state index contributed by atoms with van der Waals surface area (Å²) in [4.78, 5) is 0. The van der Waals surface area contributed by atoms with Crippen molar-refractivity contribution < 1.29 is 0 Å². The van der Waals surface area contributed by atoms with Crippen LogP contribution >= 0.6 is 12.2 Å². The molecule has 0 aromatic heterocycles. The van der Waals surface area contributed by atoms with Gasteiger partial charge in [0.1, 0.15) is 0 Å². The molecule has 1 unspecified atom stereocenters. The van der Waals surface area contributed by atoms with E-state index in [1.165, 1.54) is 0 Å². The van der Waals surface area contributed by atoms with Gasteiger partial charge in [0.15, 0.2) is 5.11 Å². The van der Waals surface area contributed by atoms with Gasteiger partial charge in [-0.25, -0.2) is 0 Å². The minimum absolute atomic E-state index is 0.168. The molecule has 0 aromatic rings. The zero-order valence-corrected chi connectivity index (χ0v) is 7.51. The van der Waals surface area contributed by atoms with Crippen LogP contribution in [-0.2, 0) is 0 Å². The van der Waals surface area contributed by atoms with E-state index in [4.69, 9.17) is 12.2 Å². The lowest BCUT2D eigenvalue weighted by Crippen LogP contribution is -2.58. The van der Waals surface area contributed by atoms with Gasteiger partial charge in [-0.2, -0.15) is 0 Å². The van der Waals surface area contributed by atoms with Crippen LogP contribution in [0, 0.1) is 0 Å². The van der Waals surface area contributed by atoms with Crippen molar-refractivity contribution in [2.24, 2.45) is 0 Å². The molecular weight excluding hydrogens is 144 g/mol. The molecule has 0 saturated carbocycles. The van der Waals surface area contributed by atoms with Crippen molar-refractivity contribution in [2.45, 2.75) is 38.8 Å². The van der Waals surface area contributed by atoms with Crippen LogP contribution in [0.25, 0.3) is 0 Å². The molecule has 1 fully saturated rings.